The van der Waals surface area contributed by atoms with Gasteiger partial charge in [-0.1, -0.05) is 41.9 Å². The Kier molecular flexibility index (Phi) is 3.63. The standard InChI is InChI=1S/C18H13ClO2/c1-12(20)17-9-8-16(11-18(17)19)21-15-7-6-13-4-2-3-5-14(13)10-15/h2-11H,1H3. The molecule has 0 radical (unpaired) electrons. The number of ether oxygens (including phenoxy) is 1. The third-order valence-corrected chi connectivity index (χ3v) is 3.59. The molecule has 0 atom stereocenters. The number of rotatable bonds is 3. The van der Waals surface area contributed by atoms with Crippen LogP contribution in [0, 0.1) is 0 Å². The van der Waals surface area contributed by atoms with Crippen LogP contribution in [0.2, 0.25) is 5.02 Å². The highest BCUT2D eigenvalue weighted by atomic mass is 35.5. The van der Waals surface area contributed by atoms with E-state index in [0.29, 0.717) is 16.3 Å². The van der Waals surface area contributed by atoms with E-state index in [9.17, 15) is 4.79 Å². The SMILES string of the molecule is CC(=O)c1ccc(Oc2ccc3ccccc3c2)cc1Cl. The Morgan fingerprint density at radius 1 is 0.905 bits per heavy atom. The monoisotopic (exact) mass is 296 g/mol. The molecule has 3 heteroatoms. The molecular formula is C18H13ClO2. The molecule has 0 spiro atoms. The summed E-state index contributed by atoms with van der Waals surface area (Å²) in [5.41, 5.74) is 0.502. The number of carbonyl (C=O) groups is 1. The Morgan fingerprint density at radius 2 is 1.57 bits per heavy atom. The van der Waals surface area contributed by atoms with Crippen molar-refractivity contribution < 1.29 is 9.53 Å². The van der Waals surface area contributed by atoms with E-state index in [-0.39, 0.29) is 5.78 Å². The summed E-state index contributed by atoms with van der Waals surface area (Å²) >= 11 is 6.08. The molecule has 0 unspecified atom stereocenters. The molecule has 0 saturated heterocycles. The minimum Gasteiger partial charge on any atom is -0.457 e. The van der Waals surface area contributed by atoms with Gasteiger partial charge in [0.05, 0.1) is 5.02 Å². The summed E-state index contributed by atoms with van der Waals surface area (Å²) in [6.07, 6.45) is 0. The Hall–Kier alpha value is -2.32. The van der Waals surface area contributed by atoms with Crippen LogP contribution < -0.4 is 4.74 Å². The highest BCUT2D eigenvalue weighted by molar-refractivity contribution is 6.34. The maximum Gasteiger partial charge on any atom is 0.161 e. The molecule has 3 aromatic carbocycles. The van der Waals surface area contributed by atoms with Crippen molar-refractivity contribution in [3.8, 4) is 11.5 Å². The van der Waals surface area contributed by atoms with Crippen molar-refractivity contribution >= 4 is 28.2 Å². The third kappa shape index (κ3) is 2.91. The van der Waals surface area contributed by atoms with Crippen molar-refractivity contribution in [1.82, 2.24) is 0 Å². The van der Waals surface area contributed by atoms with Crippen molar-refractivity contribution in [2.45, 2.75) is 6.92 Å². The molecule has 2 nitrogen and oxygen atoms in total. The van der Waals surface area contributed by atoms with Gasteiger partial charge >= 0.3 is 0 Å². The Labute approximate surface area is 127 Å². The van der Waals surface area contributed by atoms with Crippen molar-refractivity contribution in [2.24, 2.45) is 0 Å². The molecule has 0 aromatic heterocycles. The maximum atomic E-state index is 11.4. The Balaban J connectivity index is 1.91. The van der Waals surface area contributed by atoms with Crippen LogP contribution in [0.1, 0.15) is 17.3 Å². The van der Waals surface area contributed by atoms with E-state index < -0.39 is 0 Å². The minimum absolute atomic E-state index is 0.0581. The lowest BCUT2D eigenvalue weighted by Gasteiger charge is -2.08. The minimum atomic E-state index is -0.0581. The third-order valence-electron chi connectivity index (χ3n) is 3.28. The second kappa shape index (κ2) is 5.58. The quantitative estimate of drug-likeness (QED) is 0.598. The lowest BCUT2D eigenvalue weighted by atomic mass is 10.1. The summed E-state index contributed by atoms with van der Waals surface area (Å²) < 4.78 is 5.81. The highest BCUT2D eigenvalue weighted by Crippen LogP contribution is 2.29. The highest BCUT2D eigenvalue weighted by Gasteiger charge is 2.07. The van der Waals surface area contributed by atoms with Gasteiger partial charge in [0.25, 0.3) is 0 Å². The zero-order valence-corrected chi connectivity index (χ0v) is 12.2. The van der Waals surface area contributed by atoms with Crippen molar-refractivity contribution in [1.29, 1.82) is 0 Å². The zero-order chi connectivity index (χ0) is 14.8. The molecule has 0 fully saturated rings. The number of halogens is 1. The first kappa shape index (κ1) is 13.7. The number of carbonyl (C=O) groups excluding carboxylic acids is 1. The number of hydrogen-bond acceptors (Lipinski definition) is 2. The van der Waals surface area contributed by atoms with E-state index in [1.54, 1.807) is 18.2 Å². The van der Waals surface area contributed by atoms with E-state index in [2.05, 4.69) is 6.07 Å². The first-order valence-electron chi connectivity index (χ1n) is 6.60. The van der Waals surface area contributed by atoms with Gasteiger partial charge in [-0.3, -0.25) is 4.79 Å². The number of Topliss-reactive ketones (excluding diaryl/α,β-unsaturated/α-hetero) is 1. The second-order valence-electron chi connectivity index (χ2n) is 4.81. The number of ketones is 1. The van der Waals surface area contributed by atoms with E-state index in [4.69, 9.17) is 16.3 Å². The maximum absolute atomic E-state index is 11.4. The van der Waals surface area contributed by atoms with Gasteiger partial charge in [-0.2, -0.15) is 0 Å². The molecule has 104 valence electrons. The normalized spacial score (nSPS) is 10.6. The number of benzene rings is 3. The fourth-order valence-corrected chi connectivity index (χ4v) is 2.52. The summed E-state index contributed by atoms with van der Waals surface area (Å²) in [5, 5.41) is 2.68. The van der Waals surface area contributed by atoms with Gasteiger partial charge in [0, 0.05) is 11.6 Å². The fourth-order valence-electron chi connectivity index (χ4n) is 2.21. The van der Waals surface area contributed by atoms with Crippen LogP contribution in [-0.2, 0) is 0 Å². The predicted octanol–water partition coefficient (Wildman–Crippen LogP) is 5.49. The molecular weight excluding hydrogens is 284 g/mol. The molecule has 0 aliphatic rings. The van der Waals surface area contributed by atoms with Gasteiger partial charge in [0.15, 0.2) is 5.78 Å². The van der Waals surface area contributed by atoms with E-state index in [1.165, 1.54) is 6.92 Å². The molecule has 0 heterocycles. The summed E-state index contributed by atoms with van der Waals surface area (Å²) in [6.45, 7) is 1.49. The molecule has 0 N–H and O–H groups in total. The predicted molar refractivity (Wildman–Crippen MR) is 85.5 cm³/mol. The summed E-state index contributed by atoms with van der Waals surface area (Å²) in [5.74, 6) is 1.29. The van der Waals surface area contributed by atoms with Crippen LogP contribution in [0.25, 0.3) is 10.8 Å². The lowest BCUT2D eigenvalue weighted by Crippen LogP contribution is -1.93. The Bertz CT molecular complexity index is 824. The van der Waals surface area contributed by atoms with Gasteiger partial charge in [0.2, 0.25) is 0 Å². The fraction of sp³-hybridized carbons (Fsp3) is 0.0556. The van der Waals surface area contributed by atoms with Crippen LogP contribution in [0.3, 0.4) is 0 Å². The molecule has 0 bridgehead atoms. The molecule has 0 aliphatic carbocycles. The molecule has 0 amide bonds. The van der Waals surface area contributed by atoms with Gasteiger partial charge in [-0.15, -0.1) is 0 Å². The number of hydrogen-bond donors (Lipinski definition) is 0. The van der Waals surface area contributed by atoms with Crippen LogP contribution in [-0.4, -0.2) is 5.78 Å². The smallest absolute Gasteiger partial charge is 0.161 e. The van der Waals surface area contributed by atoms with E-state index in [1.807, 2.05) is 36.4 Å². The zero-order valence-electron chi connectivity index (χ0n) is 11.5. The van der Waals surface area contributed by atoms with Crippen molar-refractivity contribution in [3.05, 3.63) is 71.2 Å². The number of fused-ring (bicyclic) bond motifs is 1. The van der Waals surface area contributed by atoms with Gasteiger partial charge in [-0.05, 0) is 42.0 Å². The molecule has 0 saturated carbocycles. The largest absolute Gasteiger partial charge is 0.457 e. The molecule has 21 heavy (non-hydrogen) atoms. The van der Waals surface area contributed by atoms with Gasteiger partial charge < -0.3 is 4.74 Å². The average molecular weight is 297 g/mol. The first-order chi connectivity index (χ1) is 10.1. The second-order valence-corrected chi connectivity index (χ2v) is 5.22. The molecule has 3 aromatic rings. The molecule has 3 rings (SSSR count). The van der Waals surface area contributed by atoms with E-state index in [0.717, 1.165) is 16.5 Å². The van der Waals surface area contributed by atoms with Crippen LogP contribution in [0.5, 0.6) is 11.5 Å². The summed E-state index contributed by atoms with van der Waals surface area (Å²) in [7, 11) is 0. The van der Waals surface area contributed by atoms with Gasteiger partial charge in [-0.25, -0.2) is 0 Å². The van der Waals surface area contributed by atoms with E-state index >= 15 is 0 Å². The van der Waals surface area contributed by atoms with Crippen molar-refractivity contribution in [2.75, 3.05) is 0 Å². The lowest BCUT2D eigenvalue weighted by molar-refractivity contribution is 0.101. The summed E-state index contributed by atoms with van der Waals surface area (Å²) in [6, 6.07) is 19.1. The first-order valence-corrected chi connectivity index (χ1v) is 6.98. The van der Waals surface area contributed by atoms with Crippen LogP contribution in [0.4, 0.5) is 0 Å². The van der Waals surface area contributed by atoms with Crippen molar-refractivity contribution in [3.63, 3.8) is 0 Å². The molecule has 0 aliphatic heterocycles. The van der Waals surface area contributed by atoms with Gasteiger partial charge in [0.1, 0.15) is 11.5 Å². The average Bonchev–Trinajstić information content (AvgIpc) is 2.47. The van der Waals surface area contributed by atoms with Crippen LogP contribution in [0.15, 0.2) is 60.7 Å². The topological polar surface area (TPSA) is 26.3 Å². The summed E-state index contributed by atoms with van der Waals surface area (Å²) in [4.78, 5) is 11.4. The van der Waals surface area contributed by atoms with Crippen LogP contribution >= 0.6 is 11.6 Å². The Morgan fingerprint density at radius 3 is 2.29 bits per heavy atom.